The lowest BCUT2D eigenvalue weighted by atomic mass is 10.0. The molecule has 1 aromatic carbocycles. The Bertz CT molecular complexity index is 501. The van der Waals surface area contributed by atoms with Crippen LogP contribution in [-0.4, -0.2) is 12.1 Å². The normalized spacial score (nSPS) is 12.1. The highest BCUT2D eigenvalue weighted by Crippen LogP contribution is 2.18. The number of carbonyl (C=O) groups excluding carboxylic acids is 1. The van der Waals surface area contributed by atoms with Crippen LogP contribution in [0.3, 0.4) is 0 Å². The van der Waals surface area contributed by atoms with Gasteiger partial charge in [-0.05, 0) is 37.0 Å². The Morgan fingerprint density at radius 3 is 1.93 bits per heavy atom. The molecule has 0 saturated heterocycles. The summed E-state index contributed by atoms with van der Waals surface area (Å²) in [6, 6.07) is 7.94. The molecule has 0 fully saturated rings. The van der Waals surface area contributed by atoms with Crippen LogP contribution in [0.15, 0.2) is 24.3 Å². The molecule has 0 N–H and O–H groups in total. The minimum absolute atomic E-state index is 0.303. The zero-order valence-corrected chi connectivity index (χ0v) is 19.2. The maximum atomic E-state index is 12.3. The smallest absolute Gasteiger partial charge is 0.340 e. The van der Waals surface area contributed by atoms with Crippen LogP contribution in [0.2, 0.25) is 0 Å². The fourth-order valence-corrected chi connectivity index (χ4v) is 3.61. The van der Waals surface area contributed by atoms with E-state index in [1.807, 2.05) is 12.1 Å². The van der Waals surface area contributed by atoms with Gasteiger partial charge in [0.15, 0.2) is 6.10 Å². The Kier molecular flexibility index (Phi) is 15.2. The van der Waals surface area contributed by atoms with Crippen molar-refractivity contribution in [1.82, 2.24) is 0 Å². The predicted molar refractivity (Wildman–Crippen MR) is 122 cm³/mol. The van der Waals surface area contributed by atoms with E-state index < -0.39 is 6.10 Å². The van der Waals surface area contributed by atoms with Crippen molar-refractivity contribution in [2.24, 2.45) is 0 Å². The first-order chi connectivity index (χ1) is 13.7. The molecule has 4 heteroatoms. The Balaban J connectivity index is 2.24. The van der Waals surface area contributed by atoms with E-state index in [4.69, 9.17) is 9.26 Å². The molecule has 0 aromatic heterocycles. The van der Waals surface area contributed by atoms with E-state index in [2.05, 4.69) is 35.4 Å². The van der Waals surface area contributed by atoms with Crippen molar-refractivity contribution in [2.45, 2.75) is 110 Å². The van der Waals surface area contributed by atoms with Gasteiger partial charge in [-0.2, -0.15) is 0 Å². The highest BCUT2D eigenvalue weighted by molar-refractivity contribution is 7.09. The second-order valence-corrected chi connectivity index (χ2v) is 8.04. The van der Waals surface area contributed by atoms with Gasteiger partial charge in [0, 0.05) is 9.47 Å². The Morgan fingerprint density at radius 1 is 0.821 bits per heavy atom. The van der Waals surface area contributed by atoms with E-state index in [-0.39, 0.29) is 5.97 Å². The van der Waals surface area contributed by atoms with E-state index in [9.17, 15) is 4.79 Å². The summed E-state index contributed by atoms with van der Waals surface area (Å²) in [4.78, 5) is 12.3. The second-order valence-electron chi connectivity index (χ2n) is 7.76. The monoisotopic (exact) mass is 408 g/mol. The van der Waals surface area contributed by atoms with Gasteiger partial charge < -0.3 is 9.26 Å². The number of hydrogen-bond donors (Lipinski definition) is 0. The molecular formula is C24H41O3P. The molecule has 0 radical (unpaired) electrons. The molecule has 28 heavy (non-hydrogen) atoms. The summed E-state index contributed by atoms with van der Waals surface area (Å²) >= 11 is 0. The van der Waals surface area contributed by atoms with Crippen molar-refractivity contribution in [2.75, 3.05) is 0 Å². The number of carbonyl (C=O) groups is 1. The lowest BCUT2D eigenvalue weighted by Crippen LogP contribution is -2.26. The molecule has 160 valence electrons. The van der Waals surface area contributed by atoms with Crippen molar-refractivity contribution in [3.05, 3.63) is 29.8 Å². The standard InChI is InChI=1S/C24H41O3P/c1-3-5-7-9-10-11-12-13-15-21-17-19-22(20-18-21)26-24(25)23(27-28)16-14-8-6-4-2/h17-20,23H,3-16,28H2,1-2H3. The molecule has 0 heterocycles. The quantitative estimate of drug-likeness (QED) is 0.116. The van der Waals surface area contributed by atoms with Crippen LogP contribution in [0.25, 0.3) is 0 Å². The summed E-state index contributed by atoms with van der Waals surface area (Å²) in [5.74, 6) is 0.299. The molecule has 3 nitrogen and oxygen atoms in total. The molecule has 1 rings (SSSR count). The summed E-state index contributed by atoms with van der Waals surface area (Å²) in [6.45, 7) is 4.44. The van der Waals surface area contributed by atoms with E-state index in [0.29, 0.717) is 12.2 Å². The third-order valence-corrected chi connectivity index (χ3v) is 5.54. The molecule has 2 atom stereocenters. The van der Waals surface area contributed by atoms with Gasteiger partial charge in [-0.1, -0.05) is 96.6 Å². The summed E-state index contributed by atoms with van der Waals surface area (Å²) < 4.78 is 10.7. The molecule has 0 spiro atoms. The van der Waals surface area contributed by atoms with Gasteiger partial charge in [-0.15, -0.1) is 0 Å². The summed E-state index contributed by atoms with van der Waals surface area (Å²) in [6.07, 6.45) is 16.5. The van der Waals surface area contributed by atoms with Crippen LogP contribution < -0.4 is 4.74 Å². The van der Waals surface area contributed by atoms with Crippen molar-refractivity contribution in [3.8, 4) is 5.75 Å². The van der Waals surface area contributed by atoms with Gasteiger partial charge in [-0.3, -0.25) is 0 Å². The van der Waals surface area contributed by atoms with Gasteiger partial charge in [0.25, 0.3) is 0 Å². The van der Waals surface area contributed by atoms with E-state index in [1.165, 1.54) is 69.8 Å². The first-order valence-electron chi connectivity index (χ1n) is 11.4. The first-order valence-corrected chi connectivity index (χ1v) is 11.8. The zero-order chi connectivity index (χ0) is 20.5. The minimum Gasteiger partial charge on any atom is -0.425 e. The average molecular weight is 409 g/mol. The van der Waals surface area contributed by atoms with Crippen LogP contribution in [0.5, 0.6) is 5.75 Å². The predicted octanol–water partition coefficient (Wildman–Crippen LogP) is 7.42. The van der Waals surface area contributed by atoms with E-state index in [0.717, 1.165) is 19.3 Å². The third kappa shape index (κ3) is 11.8. The SMILES string of the molecule is CCCCCCCCCCc1ccc(OC(=O)C(CCCCCC)OP)cc1. The number of hydrogen-bond acceptors (Lipinski definition) is 3. The number of benzene rings is 1. The number of esters is 1. The van der Waals surface area contributed by atoms with Gasteiger partial charge in [0.05, 0.1) is 0 Å². The second kappa shape index (κ2) is 17.0. The average Bonchev–Trinajstić information content (AvgIpc) is 2.71. The zero-order valence-electron chi connectivity index (χ0n) is 18.1. The number of ether oxygens (including phenoxy) is 1. The maximum Gasteiger partial charge on any atom is 0.340 e. The maximum absolute atomic E-state index is 12.3. The Morgan fingerprint density at radius 2 is 1.36 bits per heavy atom. The summed E-state index contributed by atoms with van der Waals surface area (Å²) in [5.41, 5.74) is 1.31. The molecule has 0 bridgehead atoms. The fraction of sp³-hybridized carbons (Fsp3) is 0.708. The van der Waals surface area contributed by atoms with Crippen molar-refractivity contribution < 1.29 is 14.1 Å². The summed E-state index contributed by atoms with van der Waals surface area (Å²) in [5, 5.41) is 0. The van der Waals surface area contributed by atoms with Crippen molar-refractivity contribution >= 4 is 15.4 Å². The highest BCUT2D eigenvalue weighted by Gasteiger charge is 2.19. The van der Waals surface area contributed by atoms with Crippen LogP contribution >= 0.6 is 9.47 Å². The Labute approximate surface area is 175 Å². The van der Waals surface area contributed by atoms with Gasteiger partial charge >= 0.3 is 5.97 Å². The molecule has 0 saturated carbocycles. The molecule has 0 aliphatic carbocycles. The number of rotatable bonds is 17. The van der Waals surface area contributed by atoms with Crippen LogP contribution in [-0.2, 0) is 15.7 Å². The molecular weight excluding hydrogens is 367 g/mol. The fourth-order valence-electron chi connectivity index (χ4n) is 3.37. The van der Waals surface area contributed by atoms with Gasteiger partial charge in [0.1, 0.15) is 5.75 Å². The molecule has 0 aliphatic rings. The van der Waals surface area contributed by atoms with Crippen LogP contribution in [0, 0.1) is 0 Å². The van der Waals surface area contributed by atoms with Crippen molar-refractivity contribution in [3.63, 3.8) is 0 Å². The summed E-state index contributed by atoms with van der Waals surface area (Å²) in [7, 11) is 2.20. The highest BCUT2D eigenvalue weighted by atomic mass is 31.0. The number of unbranched alkanes of at least 4 members (excludes halogenated alkanes) is 10. The third-order valence-electron chi connectivity index (χ3n) is 5.21. The van der Waals surface area contributed by atoms with Gasteiger partial charge in [-0.25, -0.2) is 4.79 Å². The van der Waals surface area contributed by atoms with E-state index in [1.54, 1.807) is 0 Å². The first kappa shape index (κ1) is 25.1. The topological polar surface area (TPSA) is 35.5 Å². The molecule has 1 aromatic rings. The number of aryl methyl sites for hydroxylation is 1. The molecule has 0 amide bonds. The minimum atomic E-state index is -0.501. The molecule has 0 aliphatic heterocycles. The largest absolute Gasteiger partial charge is 0.425 e. The van der Waals surface area contributed by atoms with Crippen LogP contribution in [0.4, 0.5) is 0 Å². The van der Waals surface area contributed by atoms with Gasteiger partial charge in [0.2, 0.25) is 0 Å². The lowest BCUT2D eigenvalue weighted by molar-refractivity contribution is -0.142. The Hall–Kier alpha value is -0.920. The molecule has 2 unspecified atom stereocenters. The lowest BCUT2D eigenvalue weighted by Gasteiger charge is -2.14. The van der Waals surface area contributed by atoms with Crippen molar-refractivity contribution in [1.29, 1.82) is 0 Å². The van der Waals surface area contributed by atoms with E-state index >= 15 is 0 Å². The van der Waals surface area contributed by atoms with Crippen LogP contribution in [0.1, 0.15) is 103 Å².